The number of unbranched alkanes of at least 4 members (excludes halogenated alkanes) is 1. The monoisotopic (exact) mass is 225 g/mol. The van der Waals surface area contributed by atoms with Crippen molar-refractivity contribution in [3.8, 4) is 12.3 Å². The molecule has 0 saturated carbocycles. The first kappa shape index (κ1) is 11.6. The Morgan fingerprint density at radius 1 is 1.24 bits per heavy atom. The van der Waals surface area contributed by atoms with Crippen LogP contribution in [0.15, 0.2) is 30.6 Å². The Hall–Kier alpha value is -1.92. The van der Waals surface area contributed by atoms with Gasteiger partial charge in [-0.2, -0.15) is 0 Å². The van der Waals surface area contributed by atoms with Gasteiger partial charge in [-0.3, -0.25) is 9.97 Å². The average Bonchev–Trinajstić information content (AvgIpc) is 2.38. The molecular formula is C14H15N3. The summed E-state index contributed by atoms with van der Waals surface area (Å²) in [6, 6.07) is 5.99. The van der Waals surface area contributed by atoms with E-state index >= 15 is 0 Å². The van der Waals surface area contributed by atoms with Crippen molar-refractivity contribution >= 4 is 11.0 Å². The van der Waals surface area contributed by atoms with E-state index in [-0.39, 0.29) is 6.04 Å². The summed E-state index contributed by atoms with van der Waals surface area (Å²) in [6.45, 7) is 0. The minimum Gasteiger partial charge on any atom is -0.324 e. The maximum atomic E-state index is 6.11. The van der Waals surface area contributed by atoms with Crippen LogP contribution < -0.4 is 5.73 Å². The van der Waals surface area contributed by atoms with Crippen molar-refractivity contribution in [3.63, 3.8) is 0 Å². The number of hydrogen-bond donors (Lipinski definition) is 1. The van der Waals surface area contributed by atoms with Crippen molar-refractivity contribution in [2.75, 3.05) is 0 Å². The van der Waals surface area contributed by atoms with Crippen molar-refractivity contribution in [1.29, 1.82) is 0 Å². The summed E-state index contributed by atoms with van der Waals surface area (Å²) >= 11 is 0. The van der Waals surface area contributed by atoms with Gasteiger partial charge in [0.05, 0.1) is 11.0 Å². The van der Waals surface area contributed by atoms with E-state index < -0.39 is 0 Å². The SMILES string of the molecule is C#CCCCC(N)c1ccc2nccnc2c1. The predicted molar refractivity (Wildman–Crippen MR) is 69.2 cm³/mol. The molecule has 2 N–H and O–H groups in total. The number of benzene rings is 1. The average molecular weight is 225 g/mol. The Labute approximate surface area is 101 Å². The predicted octanol–water partition coefficient (Wildman–Crippen LogP) is 2.43. The molecule has 17 heavy (non-hydrogen) atoms. The number of nitrogens with zero attached hydrogens (tertiary/aromatic N) is 2. The number of aromatic nitrogens is 2. The third-order valence-corrected chi connectivity index (χ3v) is 2.76. The molecule has 0 bridgehead atoms. The van der Waals surface area contributed by atoms with Crippen molar-refractivity contribution in [3.05, 3.63) is 36.2 Å². The molecule has 0 aliphatic rings. The van der Waals surface area contributed by atoms with Crippen LogP contribution in [0.1, 0.15) is 30.9 Å². The normalized spacial score (nSPS) is 12.2. The molecule has 1 aromatic carbocycles. The Morgan fingerprint density at radius 2 is 2.00 bits per heavy atom. The largest absolute Gasteiger partial charge is 0.324 e. The fourth-order valence-corrected chi connectivity index (χ4v) is 1.80. The van der Waals surface area contributed by atoms with E-state index in [4.69, 9.17) is 12.2 Å². The Bertz CT molecular complexity index is 542. The zero-order valence-electron chi connectivity index (χ0n) is 9.63. The molecule has 1 heterocycles. The third-order valence-electron chi connectivity index (χ3n) is 2.76. The second-order valence-corrected chi connectivity index (χ2v) is 4.01. The number of fused-ring (bicyclic) bond motifs is 1. The zero-order valence-corrected chi connectivity index (χ0v) is 9.63. The molecule has 1 aromatic heterocycles. The van der Waals surface area contributed by atoms with E-state index in [1.165, 1.54) is 0 Å². The molecule has 0 radical (unpaired) electrons. The van der Waals surface area contributed by atoms with E-state index in [2.05, 4.69) is 15.9 Å². The van der Waals surface area contributed by atoms with E-state index in [0.717, 1.165) is 35.9 Å². The van der Waals surface area contributed by atoms with Crippen molar-refractivity contribution in [2.45, 2.75) is 25.3 Å². The van der Waals surface area contributed by atoms with Crippen LogP contribution in [-0.4, -0.2) is 9.97 Å². The fraction of sp³-hybridized carbons (Fsp3) is 0.286. The molecule has 3 nitrogen and oxygen atoms in total. The first-order chi connectivity index (χ1) is 8.31. The summed E-state index contributed by atoms with van der Waals surface area (Å²) in [4.78, 5) is 8.50. The van der Waals surface area contributed by atoms with Gasteiger partial charge in [0.25, 0.3) is 0 Å². The molecule has 1 unspecified atom stereocenters. The van der Waals surface area contributed by atoms with Crippen LogP contribution in [-0.2, 0) is 0 Å². The van der Waals surface area contributed by atoms with Crippen LogP contribution in [0.25, 0.3) is 11.0 Å². The smallest absolute Gasteiger partial charge is 0.0890 e. The van der Waals surface area contributed by atoms with E-state index in [0.29, 0.717) is 0 Å². The van der Waals surface area contributed by atoms with Crippen molar-refractivity contribution in [2.24, 2.45) is 5.73 Å². The Kier molecular flexibility index (Phi) is 3.69. The van der Waals surface area contributed by atoms with Gasteiger partial charge in [0.1, 0.15) is 0 Å². The minimum atomic E-state index is 0.0229. The van der Waals surface area contributed by atoms with Gasteiger partial charge >= 0.3 is 0 Å². The van der Waals surface area contributed by atoms with Crippen LogP contribution in [0, 0.1) is 12.3 Å². The fourth-order valence-electron chi connectivity index (χ4n) is 1.80. The van der Waals surface area contributed by atoms with E-state index in [1.54, 1.807) is 12.4 Å². The molecule has 0 spiro atoms. The highest BCUT2D eigenvalue weighted by molar-refractivity contribution is 5.74. The summed E-state index contributed by atoms with van der Waals surface area (Å²) in [7, 11) is 0. The Balaban J connectivity index is 2.16. The van der Waals surface area contributed by atoms with Crippen molar-refractivity contribution < 1.29 is 0 Å². The maximum Gasteiger partial charge on any atom is 0.0890 e. The van der Waals surface area contributed by atoms with Gasteiger partial charge in [0, 0.05) is 24.9 Å². The van der Waals surface area contributed by atoms with E-state index in [1.807, 2.05) is 18.2 Å². The van der Waals surface area contributed by atoms with E-state index in [9.17, 15) is 0 Å². The van der Waals surface area contributed by atoms with Crippen LogP contribution in [0.4, 0.5) is 0 Å². The molecule has 2 rings (SSSR count). The molecule has 86 valence electrons. The van der Waals surface area contributed by atoms with Gasteiger partial charge in [0.2, 0.25) is 0 Å². The number of hydrogen-bond acceptors (Lipinski definition) is 3. The highest BCUT2D eigenvalue weighted by Gasteiger charge is 2.06. The quantitative estimate of drug-likeness (QED) is 0.642. The number of rotatable bonds is 4. The van der Waals surface area contributed by atoms with Gasteiger partial charge in [0.15, 0.2) is 0 Å². The lowest BCUT2D eigenvalue weighted by Gasteiger charge is -2.11. The molecule has 0 saturated heterocycles. The molecule has 0 aliphatic carbocycles. The zero-order chi connectivity index (χ0) is 12.1. The van der Waals surface area contributed by atoms with Crippen LogP contribution >= 0.6 is 0 Å². The van der Waals surface area contributed by atoms with Gasteiger partial charge in [-0.1, -0.05) is 6.07 Å². The molecule has 0 aliphatic heterocycles. The minimum absolute atomic E-state index is 0.0229. The maximum absolute atomic E-state index is 6.11. The molecule has 3 heteroatoms. The van der Waals surface area contributed by atoms with Crippen molar-refractivity contribution in [1.82, 2.24) is 9.97 Å². The summed E-state index contributed by atoms with van der Waals surface area (Å²) in [6.07, 6.45) is 11.2. The summed E-state index contributed by atoms with van der Waals surface area (Å²) in [5, 5.41) is 0. The topological polar surface area (TPSA) is 51.8 Å². The molecular weight excluding hydrogens is 210 g/mol. The molecule has 0 fully saturated rings. The second-order valence-electron chi connectivity index (χ2n) is 4.01. The first-order valence-corrected chi connectivity index (χ1v) is 5.71. The summed E-state index contributed by atoms with van der Waals surface area (Å²) in [5.41, 5.74) is 8.98. The van der Waals surface area contributed by atoms with Gasteiger partial charge < -0.3 is 5.73 Å². The molecule has 0 amide bonds. The lowest BCUT2D eigenvalue weighted by molar-refractivity contribution is 0.621. The van der Waals surface area contributed by atoms with Gasteiger partial charge in [-0.05, 0) is 30.5 Å². The molecule has 1 atom stereocenters. The number of terminal acetylenes is 1. The van der Waals surface area contributed by atoms with Crippen LogP contribution in [0.2, 0.25) is 0 Å². The second kappa shape index (κ2) is 5.42. The molecule has 2 aromatic rings. The standard InChI is InChI=1S/C14H15N3/c1-2-3-4-5-12(15)11-6-7-13-14(10-11)17-9-8-16-13/h1,6-10,12H,3-5,15H2. The van der Waals surface area contributed by atoms with Crippen LogP contribution in [0.5, 0.6) is 0 Å². The van der Waals surface area contributed by atoms with Gasteiger partial charge in [-0.25, -0.2) is 0 Å². The Morgan fingerprint density at radius 3 is 2.76 bits per heavy atom. The van der Waals surface area contributed by atoms with Crippen LogP contribution in [0.3, 0.4) is 0 Å². The number of nitrogens with two attached hydrogens (primary N) is 1. The first-order valence-electron chi connectivity index (χ1n) is 5.71. The lowest BCUT2D eigenvalue weighted by Crippen LogP contribution is -2.10. The highest BCUT2D eigenvalue weighted by atomic mass is 14.8. The highest BCUT2D eigenvalue weighted by Crippen LogP contribution is 2.19. The lowest BCUT2D eigenvalue weighted by atomic mass is 10.0. The van der Waals surface area contributed by atoms with Gasteiger partial charge in [-0.15, -0.1) is 12.3 Å². The summed E-state index contributed by atoms with van der Waals surface area (Å²) < 4.78 is 0. The summed E-state index contributed by atoms with van der Waals surface area (Å²) in [5.74, 6) is 2.63. The third kappa shape index (κ3) is 2.80.